The average Bonchev–Trinajstić information content (AvgIpc) is 3.43. The number of rotatable bonds is 6. The molecular weight excluding hydrogens is 456 g/mol. The van der Waals surface area contributed by atoms with E-state index in [2.05, 4.69) is 67.0 Å². The van der Waals surface area contributed by atoms with Crippen molar-refractivity contribution >= 4 is 21.9 Å². The van der Waals surface area contributed by atoms with Crippen LogP contribution in [0.2, 0.25) is 0 Å². The lowest BCUT2D eigenvalue weighted by molar-refractivity contribution is -0.139. The maximum Gasteiger partial charge on any atom is 0.307 e. The zero-order valence-corrected chi connectivity index (χ0v) is 20.3. The predicted molar refractivity (Wildman–Crippen MR) is 124 cm³/mol. The summed E-state index contributed by atoms with van der Waals surface area (Å²) in [4.78, 5) is 11.6. The van der Waals surface area contributed by atoms with Crippen molar-refractivity contribution in [3.8, 4) is 5.75 Å². The number of benzene rings is 2. The van der Waals surface area contributed by atoms with Crippen LogP contribution in [0.3, 0.4) is 0 Å². The van der Waals surface area contributed by atoms with Crippen molar-refractivity contribution in [1.29, 1.82) is 0 Å². The smallest absolute Gasteiger partial charge is 0.307 e. The Bertz CT molecular complexity index is 993. The zero-order chi connectivity index (χ0) is 22.4. The van der Waals surface area contributed by atoms with Crippen molar-refractivity contribution in [2.45, 2.75) is 64.6 Å². The first-order valence-corrected chi connectivity index (χ1v) is 11.7. The number of carboxylic acid groups (broad SMARTS) is 1. The van der Waals surface area contributed by atoms with E-state index in [1.165, 1.54) is 11.1 Å². The minimum absolute atomic E-state index is 0.0332. The minimum atomic E-state index is -0.673. The largest absolute Gasteiger partial charge is 0.489 e. The second-order valence-electron chi connectivity index (χ2n) is 10.0. The van der Waals surface area contributed by atoms with Gasteiger partial charge in [-0.3, -0.25) is 4.79 Å². The molecule has 4 rings (SSSR count). The molecule has 0 unspecified atom stereocenters. The number of hydrogen-bond acceptors (Lipinski definition) is 3. The highest BCUT2D eigenvalue weighted by molar-refractivity contribution is 9.10. The molecule has 166 valence electrons. The lowest BCUT2D eigenvalue weighted by Gasteiger charge is -2.30. The minimum Gasteiger partial charge on any atom is -0.489 e. The molecule has 0 amide bonds. The van der Waals surface area contributed by atoms with Gasteiger partial charge in [0.2, 0.25) is 0 Å². The summed E-state index contributed by atoms with van der Waals surface area (Å²) in [6, 6.07) is 12.5. The Hall–Kier alpha value is -1.85. The molecule has 0 saturated heterocycles. The van der Waals surface area contributed by atoms with E-state index in [-0.39, 0.29) is 22.9 Å². The molecule has 1 saturated carbocycles. The van der Waals surface area contributed by atoms with Crippen LogP contribution >= 0.6 is 15.9 Å². The van der Waals surface area contributed by atoms with Crippen LogP contribution in [0.4, 0.5) is 0 Å². The molecule has 1 N–H and O–H groups in total. The van der Waals surface area contributed by atoms with Gasteiger partial charge in [0, 0.05) is 17.0 Å². The summed E-state index contributed by atoms with van der Waals surface area (Å²) in [7, 11) is 1.75. The van der Waals surface area contributed by atoms with Crippen LogP contribution in [-0.4, -0.2) is 18.2 Å². The summed E-state index contributed by atoms with van der Waals surface area (Å²) in [5.41, 5.74) is 4.44. The van der Waals surface area contributed by atoms with Gasteiger partial charge in [0.1, 0.15) is 12.4 Å². The molecule has 31 heavy (non-hydrogen) atoms. The van der Waals surface area contributed by atoms with Crippen molar-refractivity contribution in [2.75, 3.05) is 7.11 Å². The van der Waals surface area contributed by atoms with Gasteiger partial charge >= 0.3 is 5.97 Å². The van der Waals surface area contributed by atoms with E-state index in [9.17, 15) is 9.90 Å². The normalized spacial score (nSPS) is 23.3. The predicted octanol–water partition coefficient (Wildman–Crippen LogP) is 6.44. The third kappa shape index (κ3) is 4.27. The number of fused-ring (bicyclic) bond motifs is 2. The quantitative estimate of drug-likeness (QED) is 0.510. The van der Waals surface area contributed by atoms with Crippen molar-refractivity contribution in [1.82, 2.24) is 0 Å². The van der Waals surface area contributed by atoms with Crippen molar-refractivity contribution in [3.05, 3.63) is 63.1 Å². The molecule has 1 spiro atoms. The summed E-state index contributed by atoms with van der Waals surface area (Å²) in [6.45, 7) is 6.96. The van der Waals surface area contributed by atoms with Gasteiger partial charge in [-0.15, -0.1) is 0 Å². The van der Waals surface area contributed by atoms with Gasteiger partial charge in [-0.2, -0.15) is 0 Å². The lowest BCUT2D eigenvalue weighted by atomic mass is 9.78. The molecule has 0 aromatic heterocycles. The molecule has 2 aromatic carbocycles. The van der Waals surface area contributed by atoms with Crippen molar-refractivity contribution in [2.24, 2.45) is 11.3 Å². The summed E-state index contributed by atoms with van der Waals surface area (Å²) < 4.78 is 13.0. The molecule has 0 bridgehead atoms. The fraction of sp³-hybridized carbons (Fsp3) is 0.500. The number of carboxylic acids is 1. The third-order valence-electron chi connectivity index (χ3n) is 6.83. The van der Waals surface area contributed by atoms with Gasteiger partial charge in [-0.25, -0.2) is 0 Å². The highest BCUT2D eigenvalue weighted by atomic mass is 79.9. The van der Waals surface area contributed by atoms with Crippen LogP contribution in [0.1, 0.15) is 68.4 Å². The third-order valence-corrected chi connectivity index (χ3v) is 7.55. The molecule has 2 aliphatic rings. The number of hydrogen-bond donors (Lipinski definition) is 1. The average molecular weight is 487 g/mol. The number of aryl methyl sites for hydroxylation is 1. The Morgan fingerprint density at radius 3 is 2.68 bits per heavy atom. The molecule has 5 heteroatoms. The SMILES string of the molecule is CO[C@H](c1cc(COc2ccc3c(c2)[C@]2(CCC3)C[C@H]2C(=O)O)ccc1Br)C(C)(C)C. The van der Waals surface area contributed by atoms with Gasteiger partial charge < -0.3 is 14.6 Å². The van der Waals surface area contributed by atoms with Crippen LogP contribution in [0, 0.1) is 11.3 Å². The van der Waals surface area contributed by atoms with Crippen LogP contribution in [0.5, 0.6) is 5.75 Å². The molecular formula is C26H31BrO4. The Morgan fingerprint density at radius 1 is 1.26 bits per heavy atom. The molecule has 3 atom stereocenters. The first-order chi connectivity index (χ1) is 14.7. The number of methoxy groups -OCH3 is 1. The van der Waals surface area contributed by atoms with Gasteiger partial charge in [-0.05, 0) is 77.6 Å². The molecule has 4 nitrogen and oxygen atoms in total. The standard InChI is InChI=1S/C26H31BrO4/c1-25(2,3)23(30-4)19-12-16(7-10-22(19)27)15-31-18-9-8-17-6-5-11-26(20(17)13-18)14-21(26)24(28)29/h7-10,12-13,21,23H,5-6,11,14-15H2,1-4H3,(H,28,29)/t21-,23+,26-/m0/s1. The number of ether oxygens (including phenoxy) is 2. The number of carbonyl (C=O) groups is 1. The van der Waals surface area contributed by atoms with Crippen LogP contribution in [-0.2, 0) is 28.0 Å². The van der Waals surface area contributed by atoms with Gasteiger partial charge in [0.25, 0.3) is 0 Å². The monoisotopic (exact) mass is 486 g/mol. The first-order valence-electron chi connectivity index (χ1n) is 11.0. The fourth-order valence-corrected chi connectivity index (χ4v) is 5.71. The lowest BCUT2D eigenvalue weighted by Crippen LogP contribution is -2.21. The fourth-order valence-electron chi connectivity index (χ4n) is 5.26. The van der Waals surface area contributed by atoms with E-state index in [4.69, 9.17) is 9.47 Å². The summed E-state index contributed by atoms with van der Waals surface area (Å²) in [5, 5.41) is 9.54. The van der Waals surface area contributed by atoms with E-state index in [0.717, 1.165) is 47.0 Å². The first kappa shape index (κ1) is 22.3. The topological polar surface area (TPSA) is 55.8 Å². The van der Waals surface area contributed by atoms with Gasteiger partial charge in [0.05, 0.1) is 12.0 Å². The molecule has 0 aliphatic heterocycles. The molecule has 2 aromatic rings. The highest BCUT2D eigenvalue weighted by Gasteiger charge is 2.60. The Morgan fingerprint density at radius 2 is 2.03 bits per heavy atom. The summed E-state index contributed by atoms with van der Waals surface area (Å²) >= 11 is 3.67. The molecule has 0 radical (unpaired) electrons. The van der Waals surface area contributed by atoms with E-state index in [1.54, 1.807) is 7.11 Å². The zero-order valence-electron chi connectivity index (χ0n) is 18.7. The maximum absolute atomic E-state index is 11.6. The second-order valence-corrected chi connectivity index (χ2v) is 10.9. The second kappa shape index (κ2) is 8.25. The Kier molecular flexibility index (Phi) is 5.95. The van der Waals surface area contributed by atoms with Gasteiger partial charge in [0.15, 0.2) is 0 Å². The Balaban J connectivity index is 1.54. The number of halogens is 1. The van der Waals surface area contributed by atoms with Crippen molar-refractivity contribution < 1.29 is 19.4 Å². The van der Waals surface area contributed by atoms with E-state index < -0.39 is 5.97 Å². The maximum atomic E-state index is 11.6. The van der Waals surface area contributed by atoms with E-state index >= 15 is 0 Å². The number of aliphatic carboxylic acids is 1. The molecule has 2 aliphatic carbocycles. The highest BCUT2D eigenvalue weighted by Crippen LogP contribution is 2.60. The molecule has 1 fully saturated rings. The van der Waals surface area contributed by atoms with Crippen LogP contribution in [0.25, 0.3) is 0 Å². The van der Waals surface area contributed by atoms with Gasteiger partial charge in [-0.1, -0.05) is 48.8 Å². The summed E-state index contributed by atoms with van der Waals surface area (Å²) in [6.07, 6.45) is 3.76. The van der Waals surface area contributed by atoms with E-state index in [1.807, 2.05) is 6.07 Å². The van der Waals surface area contributed by atoms with Crippen LogP contribution < -0.4 is 4.74 Å². The van der Waals surface area contributed by atoms with Crippen molar-refractivity contribution in [3.63, 3.8) is 0 Å². The summed E-state index contributed by atoms with van der Waals surface area (Å²) in [5.74, 6) is -0.119. The Labute approximate surface area is 193 Å². The van der Waals surface area contributed by atoms with E-state index in [0.29, 0.717) is 6.61 Å². The molecule has 0 heterocycles. The van der Waals surface area contributed by atoms with Crippen LogP contribution in [0.15, 0.2) is 40.9 Å².